The highest BCUT2D eigenvalue weighted by atomic mass is 127. The Balaban J connectivity index is 0.00000450. The Morgan fingerprint density at radius 3 is 2.23 bits per heavy atom. The van der Waals surface area contributed by atoms with Gasteiger partial charge in [0.1, 0.15) is 6.10 Å². The number of piperazine rings is 1. The van der Waals surface area contributed by atoms with Gasteiger partial charge in [-0.1, -0.05) is 26.0 Å². The summed E-state index contributed by atoms with van der Waals surface area (Å²) in [5.74, 6) is 2.87. The van der Waals surface area contributed by atoms with Crippen LogP contribution in [-0.2, 0) is 0 Å². The van der Waals surface area contributed by atoms with Gasteiger partial charge in [0.05, 0.1) is 13.7 Å². The van der Waals surface area contributed by atoms with Gasteiger partial charge >= 0.3 is 0 Å². The molecule has 1 aliphatic heterocycles. The zero-order chi connectivity index (χ0) is 21.1. The highest BCUT2D eigenvalue weighted by Gasteiger charge is 2.17. The lowest BCUT2D eigenvalue weighted by Crippen LogP contribution is -2.49. The van der Waals surface area contributed by atoms with Crippen molar-refractivity contribution in [3.8, 4) is 11.5 Å². The molecule has 0 aliphatic carbocycles. The smallest absolute Gasteiger partial charge is 0.191 e. The lowest BCUT2D eigenvalue weighted by molar-refractivity contribution is 0.124. The van der Waals surface area contributed by atoms with Gasteiger partial charge in [-0.2, -0.15) is 0 Å². The fourth-order valence-electron chi connectivity index (χ4n) is 3.50. The maximum absolute atomic E-state index is 5.99. The molecule has 2 N–H and O–H groups in total. The number of hydrogen-bond acceptors (Lipinski definition) is 5. The molecule has 172 valence electrons. The number of methoxy groups -OCH3 is 1. The van der Waals surface area contributed by atoms with E-state index in [1.165, 1.54) is 26.2 Å². The Kier molecular flexibility index (Phi) is 13.1. The molecule has 1 saturated heterocycles. The number of hydrogen-bond donors (Lipinski definition) is 2. The number of nitrogens with one attached hydrogen (secondary N) is 2. The number of aliphatic imine (C=N–C) groups is 1. The predicted octanol–water partition coefficient (Wildman–Crippen LogP) is 2.52. The first kappa shape index (κ1) is 26.8. The molecule has 0 bridgehead atoms. The Hall–Kier alpha value is -1.26. The first-order chi connectivity index (χ1) is 14.0. The van der Waals surface area contributed by atoms with Gasteiger partial charge in [0, 0.05) is 46.3 Å². The lowest BCUT2D eigenvalue weighted by Gasteiger charge is -2.35. The van der Waals surface area contributed by atoms with E-state index in [1.54, 1.807) is 14.2 Å². The van der Waals surface area contributed by atoms with E-state index in [0.717, 1.165) is 37.1 Å². The van der Waals surface area contributed by atoms with Crippen LogP contribution in [0.4, 0.5) is 0 Å². The summed E-state index contributed by atoms with van der Waals surface area (Å²) >= 11 is 0. The Bertz CT molecular complexity index is 623. The first-order valence-electron chi connectivity index (χ1n) is 10.7. The van der Waals surface area contributed by atoms with E-state index >= 15 is 0 Å². The molecule has 30 heavy (non-hydrogen) atoms. The predicted molar refractivity (Wildman–Crippen MR) is 136 cm³/mol. The van der Waals surface area contributed by atoms with Gasteiger partial charge in [0.15, 0.2) is 17.5 Å². The molecule has 0 spiro atoms. The van der Waals surface area contributed by atoms with Gasteiger partial charge in [-0.15, -0.1) is 24.0 Å². The molecule has 1 heterocycles. The number of para-hydroxylation sites is 2. The summed E-state index contributed by atoms with van der Waals surface area (Å²) in [4.78, 5) is 9.42. The highest BCUT2D eigenvalue weighted by molar-refractivity contribution is 14.0. The lowest BCUT2D eigenvalue weighted by atomic mass is 10.1. The van der Waals surface area contributed by atoms with Gasteiger partial charge in [0.2, 0.25) is 0 Å². The molecular formula is C22H40IN5O2. The molecule has 1 aromatic rings. The van der Waals surface area contributed by atoms with Crippen LogP contribution in [0.2, 0.25) is 0 Å². The molecule has 1 aliphatic rings. The van der Waals surface area contributed by atoms with Crippen LogP contribution >= 0.6 is 24.0 Å². The van der Waals surface area contributed by atoms with Crippen molar-refractivity contribution in [1.82, 2.24) is 20.4 Å². The topological polar surface area (TPSA) is 61.4 Å². The maximum atomic E-state index is 5.99. The molecule has 8 heteroatoms. The normalized spacial score (nSPS) is 17.6. The van der Waals surface area contributed by atoms with Crippen LogP contribution in [0.3, 0.4) is 0 Å². The van der Waals surface area contributed by atoms with Gasteiger partial charge in [-0.3, -0.25) is 4.99 Å². The Labute approximate surface area is 199 Å². The second-order valence-corrected chi connectivity index (χ2v) is 7.75. The average Bonchev–Trinajstić information content (AvgIpc) is 2.74. The number of nitrogens with zero attached hydrogens (tertiary/aromatic N) is 3. The molecule has 0 radical (unpaired) electrons. The number of ether oxygens (including phenoxy) is 2. The maximum Gasteiger partial charge on any atom is 0.191 e. The van der Waals surface area contributed by atoms with Crippen LogP contribution < -0.4 is 20.1 Å². The van der Waals surface area contributed by atoms with Crippen molar-refractivity contribution in [2.75, 3.05) is 66.5 Å². The Morgan fingerprint density at radius 2 is 1.63 bits per heavy atom. The first-order valence-corrected chi connectivity index (χ1v) is 10.7. The molecule has 1 aromatic carbocycles. The fraction of sp³-hybridized carbons (Fsp3) is 0.682. The minimum Gasteiger partial charge on any atom is -0.493 e. The number of rotatable bonds is 10. The zero-order valence-corrected chi connectivity index (χ0v) is 21.5. The zero-order valence-electron chi connectivity index (χ0n) is 19.2. The molecule has 0 amide bonds. The van der Waals surface area contributed by atoms with Crippen molar-refractivity contribution >= 4 is 29.9 Å². The average molecular weight is 533 g/mol. The third-order valence-corrected chi connectivity index (χ3v) is 5.28. The summed E-state index contributed by atoms with van der Waals surface area (Å²) in [5.41, 5.74) is 0. The summed E-state index contributed by atoms with van der Waals surface area (Å²) in [7, 11) is 3.46. The van der Waals surface area contributed by atoms with Gasteiger partial charge in [0.25, 0.3) is 0 Å². The van der Waals surface area contributed by atoms with E-state index in [2.05, 4.69) is 39.3 Å². The van der Waals surface area contributed by atoms with E-state index in [0.29, 0.717) is 12.5 Å². The van der Waals surface area contributed by atoms with Crippen LogP contribution in [0, 0.1) is 5.92 Å². The second-order valence-electron chi connectivity index (χ2n) is 7.75. The fourth-order valence-corrected chi connectivity index (χ4v) is 3.50. The van der Waals surface area contributed by atoms with Crippen molar-refractivity contribution in [2.45, 2.75) is 26.9 Å². The van der Waals surface area contributed by atoms with Gasteiger partial charge in [-0.25, -0.2) is 0 Å². The molecule has 2 atom stereocenters. The summed E-state index contributed by atoms with van der Waals surface area (Å²) in [6, 6.07) is 7.71. The van der Waals surface area contributed by atoms with Crippen molar-refractivity contribution < 1.29 is 9.47 Å². The van der Waals surface area contributed by atoms with E-state index in [1.807, 2.05) is 31.2 Å². The quantitative estimate of drug-likeness (QED) is 0.274. The van der Waals surface area contributed by atoms with Crippen molar-refractivity contribution in [3.63, 3.8) is 0 Å². The van der Waals surface area contributed by atoms with Gasteiger partial charge in [-0.05, 0) is 31.5 Å². The molecule has 7 nitrogen and oxygen atoms in total. The summed E-state index contributed by atoms with van der Waals surface area (Å²) < 4.78 is 11.3. The van der Waals surface area contributed by atoms with Crippen molar-refractivity contribution in [1.29, 1.82) is 0 Å². The minimum absolute atomic E-state index is 0. The molecule has 2 rings (SSSR count). The molecule has 2 unspecified atom stereocenters. The Morgan fingerprint density at radius 1 is 1.03 bits per heavy atom. The SMILES string of the molecule is CCN1CCN(CC(C)CNC(=NC)NCC(C)Oc2ccccc2OC)CC1.I. The van der Waals surface area contributed by atoms with E-state index in [9.17, 15) is 0 Å². The standard InChI is InChI=1S/C22H39N5O2.HI/c1-6-26-11-13-27(14-12-26)17-18(2)15-24-22(23-4)25-16-19(3)29-21-10-8-7-9-20(21)28-5;/h7-10,18-19H,6,11-17H2,1-5H3,(H2,23,24,25);1H. The number of benzene rings is 1. The van der Waals surface area contributed by atoms with Crippen LogP contribution in [0.5, 0.6) is 11.5 Å². The van der Waals surface area contributed by atoms with Crippen molar-refractivity contribution in [2.24, 2.45) is 10.9 Å². The molecule has 0 aromatic heterocycles. The highest BCUT2D eigenvalue weighted by Crippen LogP contribution is 2.26. The number of halogens is 1. The molecule has 1 fully saturated rings. The third-order valence-electron chi connectivity index (χ3n) is 5.28. The summed E-state index contributed by atoms with van der Waals surface area (Å²) in [6.45, 7) is 15.1. The minimum atomic E-state index is -0.0165. The molecule has 0 saturated carbocycles. The van der Waals surface area contributed by atoms with Gasteiger partial charge < -0.3 is 29.9 Å². The van der Waals surface area contributed by atoms with Crippen LogP contribution in [0.1, 0.15) is 20.8 Å². The van der Waals surface area contributed by atoms with Crippen LogP contribution in [0.15, 0.2) is 29.3 Å². The summed E-state index contributed by atoms with van der Waals surface area (Å²) in [6.07, 6.45) is -0.0165. The summed E-state index contributed by atoms with van der Waals surface area (Å²) in [5, 5.41) is 6.79. The largest absolute Gasteiger partial charge is 0.493 e. The van der Waals surface area contributed by atoms with Crippen LogP contribution in [-0.4, -0.2) is 88.4 Å². The number of likely N-dealkylation sites (N-methyl/N-ethyl adjacent to an activating group) is 1. The van der Waals surface area contributed by atoms with E-state index in [4.69, 9.17) is 9.47 Å². The second kappa shape index (κ2) is 14.7. The monoisotopic (exact) mass is 533 g/mol. The van der Waals surface area contributed by atoms with Crippen LogP contribution in [0.25, 0.3) is 0 Å². The number of guanidine groups is 1. The van der Waals surface area contributed by atoms with E-state index in [-0.39, 0.29) is 30.1 Å². The van der Waals surface area contributed by atoms with Crippen molar-refractivity contribution in [3.05, 3.63) is 24.3 Å². The third kappa shape index (κ3) is 9.26. The molecular weight excluding hydrogens is 493 g/mol. The van der Waals surface area contributed by atoms with E-state index < -0.39 is 0 Å².